The topological polar surface area (TPSA) is 67.9 Å². The number of halogens is 1. The van der Waals surface area contributed by atoms with Crippen molar-refractivity contribution in [3.63, 3.8) is 0 Å². The third-order valence-corrected chi connectivity index (χ3v) is 3.23. The lowest BCUT2D eigenvalue weighted by atomic mass is 10.0. The lowest BCUT2D eigenvalue weighted by Crippen LogP contribution is -2.17. The zero-order valence-electron chi connectivity index (χ0n) is 10.9. The van der Waals surface area contributed by atoms with E-state index in [9.17, 15) is 4.79 Å². The molecule has 0 aliphatic heterocycles. The number of carbonyl (C=O) groups is 1. The molecule has 6 heteroatoms. The first-order valence-corrected chi connectivity index (χ1v) is 7.12. The summed E-state index contributed by atoms with van der Waals surface area (Å²) in [7, 11) is 0. The van der Waals surface area contributed by atoms with Crippen LogP contribution in [0.4, 0.5) is 0 Å². The number of H-pyrrole nitrogens is 1. The number of hydrogen-bond donors (Lipinski definition) is 1. The third kappa shape index (κ3) is 3.12. The zero-order chi connectivity index (χ0) is 13.8. The molecule has 0 bridgehead atoms. The first kappa shape index (κ1) is 14.0. The van der Waals surface area contributed by atoms with Gasteiger partial charge in [-0.3, -0.25) is 4.79 Å². The molecule has 1 atom stereocenters. The maximum absolute atomic E-state index is 12.0. The second-order valence-corrected chi connectivity index (χ2v) is 5.16. The average Bonchev–Trinajstić information content (AvgIpc) is 2.78. The summed E-state index contributed by atoms with van der Waals surface area (Å²) >= 11 is 3.36. The van der Waals surface area contributed by atoms with Gasteiger partial charge in [0.2, 0.25) is 0 Å². The maximum atomic E-state index is 12.0. The van der Waals surface area contributed by atoms with Crippen LogP contribution in [-0.4, -0.2) is 27.5 Å². The van der Waals surface area contributed by atoms with Crippen LogP contribution >= 0.6 is 15.9 Å². The first-order chi connectivity index (χ1) is 9.15. The molecule has 2 rings (SSSR count). The summed E-state index contributed by atoms with van der Waals surface area (Å²) in [6.45, 7) is 4.21. The lowest BCUT2D eigenvalue weighted by molar-refractivity contribution is -0.145. The highest BCUT2D eigenvalue weighted by Crippen LogP contribution is 2.23. The van der Waals surface area contributed by atoms with Crippen LogP contribution in [0.5, 0.6) is 0 Å². The van der Waals surface area contributed by atoms with Gasteiger partial charge in [-0.1, -0.05) is 13.3 Å². The van der Waals surface area contributed by atoms with E-state index in [-0.39, 0.29) is 11.9 Å². The summed E-state index contributed by atoms with van der Waals surface area (Å²) in [5.74, 6) is 0.0429. The molecule has 0 fully saturated rings. The molecule has 0 radical (unpaired) electrons. The summed E-state index contributed by atoms with van der Waals surface area (Å²) in [5, 5.41) is 0. The van der Waals surface area contributed by atoms with Crippen LogP contribution in [0.25, 0.3) is 11.2 Å². The summed E-state index contributed by atoms with van der Waals surface area (Å²) in [6.07, 6.45) is 3.28. The average molecular weight is 326 g/mol. The Balaban J connectivity index is 2.35. The van der Waals surface area contributed by atoms with Crippen LogP contribution in [0, 0.1) is 0 Å². The quantitative estimate of drug-likeness (QED) is 0.857. The second-order valence-electron chi connectivity index (χ2n) is 4.24. The van der Waals surface area contributed by atoms with Crippen LogP contribution < -0.4 is 0 Å². The van der Waals surface area contributed by atoms with Gasteiger partial charge >= 0.3 is 5.97 Å². The summed E-state index contributed by atoms with van der Waals surface area (Å²) < 4.78 is 5.98. The SMILES string of the molecule is CCCC(C(=O)OCC)c1nc2ncc(Br)cc2[nH]1. The van der Waals surface area contributed by atoms with Gasteiger partial charge in [-0.15, -0.1) is 0 Å². The van der Waals surface area contributed by atoms with Crippen molar-refractivity contribution in [1.82, 2.24) is 15.0 Å². The lowest BCUT2D eigenvalue weighted by Gasteiger charge is -2.11. The minimum absolute atomic E-state index is 0.234. The van der Waals surface area contributed by atoms with E-state index in [2.05, 4.69) is 30.9 Å². The van der Waals surface area contributed by atoms with E-state index in [1.54, 1.807) is 13.1 Å². The van der Waals surface area contributed by atoms with E-state index in [0.29, 0.717) is 24.5 Å². The van der Waals surface area contributed by atoms with Crippen LogP contribution in [-0.2, 0) is 9.53 Å². The molecule has 0 aromatic carbocycles. The first-order valence-electron chi connectivity index (χ1n) is 6.33. The standard InChI is InChI=1S/C13H16BrN3O2/c1-3-5-9(13(18)19-4-2)11-16-10-6-8(14)7-15-12(10)17-11/h6-7,9H,3-5H2,1-2H3,(H,15,16,17). The number of carbonyl (C=O) groups excluding carboxylic acids is 1. The Bertz CT molecular complexity index is 582. The number of esters is 1. The van der Waals surface area contributed by atoms with Crippen molar-refractivity contribution in [2.24, 2.45) is 0 Å². The molecule has 0 amide bonds. The van der Waals surface area contributed by atoms with E-state index < -0.39 is 0 Å². The Kier molecular flexibility index (Phi) is 4.52. The molecule has 5 nitrogen and oxygen atoms in total. The molecule has 0 spiro atoms. The molecular weight excluding hydrogens is 310 g/mol. The molecule has 0 aliphatic rings. The molecule has 0 saturated heterocycles. The minimum Gasteiger partial charge on any atom is -0.465 e. The molecule has 0 aliphatic carbocycles. The molecule has 1 N–H and O–H groups in total. The summed E-state index contributed by atoms with van der Waals surface area (Å²) in [4.78, 5) is 23.7. The van der Waals surface area contributed by atoms with Crippen molar-refractivity contribution in [1.29, 1.82) is 0 Å². The van der Waals surface area contributed by atoms with Gasteiger partial charge in [0.1, 0.15) is 11.7 Å². The smallest absolute Gasteiger partial charge is 0.316 e. The van der Waals surface area contributed by atoms with Gasteiger partial charge in [0, 0.05) is 10.7 Å². The number of nitrogens with one attached hydrogen (secondary N) is 1. The van der Waals surface area contributed by atoms with Crippen LogP contribution in [0.1, 0.15) is 38.4 Å². The van der Waals surface area contributed by atoms with E-state index >= 15 is 0 Å². The van der Waals surface area contributed by atoms with Crippen LogP contribution in [0.15, 0.2) is 16.7 Å². The number of imidazole rings is 1. The number of aromatic nitrogens is 3. The van der Waals surface area contributed by atoms with Gasteiger partial charge in [0.25, 0.3) is 0 Å². The number of hydrogen-bond acceptors (Lipinski definition) is 4. The molecule has 102 valence electrons. The predicted octanol–water partition coefficient (Wildman–Crippen LogP) is 3.17. The number of rotatable bonds is 5. The zero-order valence-corrected chi connectivity index (χ0v) is 12.5. The minimum atomic E-state index is -0.349. The number of ether oxygens (including phenoxy) is 1. The van der Waals surface area contributed by atoms with Crippen LogP contribution in [0.3, 0.4) is 0 Å². The predicted molar refractivity (Wildman–Crippen MR) is 75.9 cm³/mol. The normalized spacial score (nSPS) is 12.6. The monoisotopic (exact) mass is 325 g/mol. The second kappa shape index (κ2) is 6.14. The molecule has 2 aromatic rings. The van der Waals surface area contributed by atoms with Gasteiger partial charge in [-0.2, -0.15) is 0 Å². The largest absolute Gasteiger partial charge is 0.465 e. The van der Waals surface area contributed by atoms with Crippen molar-refractivity contribution in [2.45, 2.75) is 32.6 Å². The van der Waals surface area contributed by atoms with Crippen molar-refractivity contribution in [2.75, 3.05) is 6.61 Å². The molecule has 1 unspecified atom stereocenters. The number of fused-ring (bicyclic) bond motifs is 1. The van der Waals surface area contributed by atoms with E-state index in [0.717, 1.165) is 16.4 Å². The fourth-order valence-electron chi connectivity index (χ4n) is 1.96. The summed E-state index contributed by atoms with van der Waals surface area (Å²) in [5.41, 5.74) is 1.43. The number of nitrogens with zero attached hydrogens (tertiary/aromatic N) is 2. The molecule has 19 heavy (non-hydrogen) atoms. The number of pyridine rings is 1. The van der Waals surface area contributed by atoms with Gasteiger partial charge in [0.15, 0.2) is 5.65 Å². The highest BCUT2D eigenvalue weighted by atomic mass is 79.9. The Morgan fingerprint density at radius 2 is 2.32 bits per heavy atom. The van der Waals surface area contributed by atoms with Crippen LogP contribution in [0.2, 0.25) is 0 Å². The fourth-order valence-corrected chi connectivity index (χ4v) is 2.29. The highest BCUT2D eigenvalue weighted by Gasteiger charge is 2.24. The van der Waals surface area contributed by atoms with E-state index in [1.807, 2.05) is 13.0 Å². The van der Waals surface area contributed by atoms with Crippen molar-refractivity contribution >= 4 is 33.1 Å². The van der Waals surface area contributed by atoms with Gasteiger partial charge in [-0.05, 0) is 35.3 Å². The molecule has 2 heterocycles. The Hall–Kier alpha value is -1.43. The van der Waals surface area contributed by atoms with Gasteiger partial charge in [0.05, 0.1) is 12.1 Å². The van der Waals surface area contributed by atoms with E-state index in [1.165, 1.54) is 0 Å². The fraction of sp³-hybridized carbons (Fsp3) is 0.462. The highest BCUT2D eigenvalue weighted by molar-refractivity contribution is 9.10. The van der Waals surface area contributed by atoms with Gasteiger partial charge < -0.3 is 9.72 Å². The van der Waals surface area contributed by atoms with Crippen molar-refractivity contribution < 1.29 is 9.53 Å². The molecule has 2 aromatic heterocycles. The summed E-state index contributed by atoms with van der Waals surface area (Å²) in [6, 6.07) is 1.90. The third-order valence-electron chi connectivity index (χ3n) is 2.80. The van der Waals surface area contributed by atoms with Crippen molar-refractivity contribution in [3.8, 4) is 0 Å². The van der Waals surface area contributed by atoms with Crippen molar-refractivity contribution in [3.05, 3.63) is 22.6 Å². The molecule has 0 saturated carbocycles. The molecular formula is C13H16BrN3O2. The van der Waals surface area contributed by atoms with E-state index in [4.69, 9.17) is 4.74 Å². The number of aromatic amines is 1. The Labute approximate surface area is 119 Å². The maximum Gasteiger partial charge on any atom is 0.316 e. The Morgan fingerprint density at radius 3 is 3.00 bits per heavy atom. The van der Waals surface area contributed by atoms with Gasteiger partial charge in [-0.25, -0.2) is 9.97 Å². The Morgan fingerprint density at radius 1 is 1.53 bits per heavy atom.